The van der Waals surface area contributed by atoms with E-state index >= 15 is 0 Å². The Morgan fingerprint density at radius 3 is 2.75 bits per heavy atom. The molecule has 20 heavy (non-hydrogen) atoms. The van der Waals surface area contributed by atoms with Crippen LogP contribution in [0.25, 0.3) is 0 Å². The van der Waals surface area contributed by atoms with Crippen LogP contribution in [0.15, 0.2) is 17.0 Å². The average Bonchev–Trinajstić information content (AvgIpc) is 2.83. The molecule has 9 heteroatoms. The molecule has 1 fully saturated rings. The van der Waals surface area contributed by atoms with Crippen molar-refractivity contribution in [2.45, 2.75) is 24.3 Å². The van der Waals surface area contributed by atoms with Crippen molar-refractivity contribution in [3.63, 3.8) is 0 Å². The smallest absolute Gasteiger partial charge is 0.289 e. The summed E-state index contributed by atoms with van der Waals surface area (Å²) in [5.74, 6) is 0. The minimum atomic E-state index is -3.88. The highest BCUT2D eigenvalue weighted by atomic mass is 35.5. The number of hydrogen-bond donors (Lipinski definition) is 2. The molecule has 1 aromatic carbocycles. The van der Waals surface area contributed by atoms with E-state index in [1.165, 1.54) is 12.1 Å². The van der Waals surface area contributed by atoms with Crippen molar-refractivity contribution in [2.75, 3.05) is 13.1 Å². The summed E-state index contributed by atoms with van der Waals surface area (Å²) in [6.07, 6.45) is 0.671. The predicted molar refractivity (Wildman–Crippen MR) is 74.4 cm³/mol. The molecule has 2 N–H and O–H groups in total. The number of aryl methyl sites for hydroxylation is 1. The first-order valence-corrected chi connectivity index (χ1v) is 7.85. The molecular weight excluding hydrogens is 306 g/mol. The lowest BCUT2D eigenvalue weighted by molar-refractivity contribution is -0.385. The fourth-order valence-electron chi connectivity index (χ4n) is 2.08. The van der Waals surface area contributed by atoms with Crippen LogP contribution in [0.4, 0.5) is 5.69 Å². The van der Waals surface area contributed by atoms with Crippen molar-refractivity contribution in [1.29, 1.82) is 0 Å². The van der Waals surface area contributed by atoms with E-state index in [1.54, 1.807) is 6.92 Å². The van der Waals surface area contributed by atoms with Gasteiger partial charge in [-0.25, -0.2) is 13.1 Å². The fourth-order valence-corrected chi connectivity index (χ4v) is 4.01. The lowest BCUT2D eigenvalue weighted by Crippen LogP contribution is -2.36. The van der Waals surface area contributed by atoms with Gasteiger partial charge in [0.25, 0.3) is 5.69 Å². The molecule has 7 nitrogen and oxygen atoms in total. The zero-order valence-electron chi connectivity index (χ0n) is 10.7. The third-order valence-corrected chi connectivity index (χ3v) is 5.09. The van der Waals surface area contributed by atoms with E-state index in [2.05, 4.69) is 10.0 Å². The second-order valence-corrected chi connectivity index (χ2v) is 6.72. The van der Waals surface area contributed by atoms with E-state index in [-0.39, 0.29) is 16.0 Å². The standard InChI is InChI=1S/C11H14ClN3O4S/c1-7-4-9(15(16)17)11(12)10(5-7)20(18,19)14-8-2-3-13-6-8/h4-5,8,13-14H,2-3,6H2,1H3. The topological polar surface area (TPSA) is 101 Å². The minimum Gasteiger partial charge on any atom is -0.315 e. The Bertz CT molecular complexity index is 641. The second kappa shape index (κ2) is 5.65. The van der Waals surface area contributed by atoms with Gasteiger partial charge in [0, 0.05) is 18.7 Å². The van der Waals surface area contributed by atoms with Crippen LogP contribution in [-0.2, 0) is 10.0 Å². The summed E-state index contributed by atoms with van der Waals surface area (Å²) in [7, 11) is -3.88. The van der Waals surface area contributed by atoms with E-state index < -0.39 is 20.6 Å². The highest BCUT2D eigenvalue weighted by Gasteiger charge is 2.28. The van der Waals surface area contributed by atoms with Crippen LogP contribution in [0, 0.1) is 17.0 Å². The lowest BCUT2D eigenvalue weighted by Gasteiger charge is -2.13. The first kappa shape index (κ1) is 15.2. The van der Waals surface area contributed by atoms with Crippen molar-refractivity contribution >= 4 is 27.3 Å². The summed E-state index contributed by atoms with van der Waals surface area (Å²) >= 11 is 5.87. The van der Waals surface area contributed by atoms with Crippen LogP contribution >= 0.6 is 11.6 Å². The van der Waals surface area contributed by atoms with Crippen LogP contribution in [0.3, 0.4) is 0 Å². The number of hydrogen-bond acceptors (Lipinski definition) is 5. The van der Waals surface area contributed by atoms with E-state index in [9.17, 15) is 18.5 Å². The first-order chi connectivity index (χ1) is 9.31. The maximum Gasteiger partial charge on any atom is 0.289 e. The van der Waals surface area contributed by atoms with Gasteiger partial charge in [-0.3, -0.25) is 10.1 Å². The molecule has 1 aromatic rings. The van der Waals surface area contributed by atoms with Crippen molar-refractivity contribution in [3.8, 4) is 0 Å². The van der Waals surface area contributed by atoms with Gasteiger partial charge in [0.05, 0.1) is 4.92 Å². The molecular formula is C11H14ClN3O4S. The van der Waals surface area contributed by atoms with Gasteiger partial charge in [0.1, 0.15) is 9.92 Å². The summed E-state index contributed by atoms with van der Waals surface area (Å²) < 4.78 is 27.1. The molecule has 0 amide bonds. The Balaban J connectivity index is 2.42. The first-order valence-electron chi connectivity index (χ1n) is 5.99. The Labute approximate surface area is 121 Å². The van der Waals surface area contributed by atoms with Gasteiger partial charge in [-0.15, -0.1) is 0 Å². The molecule has 1 aliphatic heterocycles. The van der Waals surface area contributed by atoms with Crippen LogP contribution in [0.2, 0.25) is 5.02 Å². The largest absolute Gasteiger partial charge is 0.315 e. The molecule has 0 radical (unpaired) electrons. The number of nitrogens with zero attached hydrogens (tertiary/aromatic N) is 1. The van der Waals surface area contributed by atoms with E-state index in [1.807, 2.05) is 0 Å². The minimum absolute atomic E-state index is 0.226. The Morgan fingerprint density at radius 1 is 1.50 bits per heavy atom. The Kier molecular flexibility index (Phi) is 4.28. The average molecular weight is 320 g/mol. The lowest BCUT2D eigenvalue weighted by atomic mass is 10.2. The molecule has 0 saturated carbocycles. The number of halogens is 1. The van der Waals surface area contributed by atoms with E-state index in [0.717, 1.165) is 6.54 Å². The quantitative estimate of drug-likeness (QED) is 0.641. The van der Waals surface area contributed by atoms with Gasteiger partial charge in [0.2, 0.25) is 10.0 Å². The zero-order chi connectivity index (χ0) is 14.9. The third kappa shape index (κ3) is 3.09. The molecule has 0 spiro atoms. The maximum absolute atomic E-state index is 12.3. The molecule has 1 saturated heterocycles. The maximum atomic E-state index is 12.3. The summed E-state index contributed by atoms with van der Waals surface area (Å²) in [6, 6.07) is 2.36. The zero-order valence-corrected chi connectivity index (χ0v) is 12.3. The third-order valence-electron chi connectivity index (χ3n) is 3.03. The number of nitrogens with one attached hydrogen (secondary N) is 2. The summed E-state index contributed by atoms with van der Waals surface area (Å²) in [6.45, 7) is 2.85. The molecule has 0 bridgehead atoms. The van der Waals surface area contributed by atoms with Crippen LogP contribution in [0.5, 0.6) is 0 Å². The SMILES string of the molecule is Cc1cc([N+](=O)[O-])c(Cl)c(S(=O)(=O)NC2CCNC2)c1. The summed E-state index contributed by atoms with van der Waals surface area (Å²) in [5, 5.41) is 13.6. The van der Waals surface area contributed by atoms with Crippen LogP contribution < -0.4 is 10.0 Å². The second-order valence-electron chi connectivity index (χ2n) is 4.66. The van der Waals surface area contributed by atoms with Gasteiger partial charge < -0.3 is 5.32 Å². The molecule has 0 aromatic heterocycles. The van der Waals surface area contributed by atoms with Gasteiger partial charge in [-0.05, 0) is 31.5 Å². The van der Waals surface area contributed by atoms with Crippen LogP contribution in [0.1, 0.15) is 12.0 Å². The number of sulfonamides is 1. The predicted octanol–water partition coefficient (Wildman–Crippen LogP) is 1.20. The van der Waals surface area contributed by atoms with E-state index in [0.29, 0.717) is 18.5 Å². The van der Waals surface area contributed by atoms with Crippen molar-refractivity contribution in [3.05, 3.63) is 32.8 Å². The normalized spacial score (nSPS) is 19.2. The highest BCUT2D eigenvalue weighted by Crippen LogP contribution is 2.32. The molecule has 1 heterocycles. The molecule has 2 rings (SSSR count). The summed E-state index contributed by atoms with van der Waals surface area (Å²) in [4.78, 5) is 9.95. The monoisotopic (exact) mass is 319 g/mol. The van der Waals surface area contributed by atoms with Gasteiger partial charge in [-0.1, -0.05) is 11.6 Å². The van der Waals surface area contributed by atoms with Gasteiger partial charge in [-0.2, -0.15) is 0 Å². The molecule has 110 valence electrons. The molecule has 0 aliphatic carbocycles. The number of nitro groups is 1. The molecule has 1 unspecified atom stereocenters. The van der Waals surface area contributed by atoms with E-state index in [4.69, 9.17) is 11.6 Å². The Morgan fingerprint density at radius 2 is 2.20 bits per heavy atom. The fraction of sp³-hybridized carbons (Fsp3) is 0.455. The van der Waals surface area contributed by atoms with Gasteiger partial charge >= 0.3 is 0 Å². The van der Waals surface area contributed by atoms with Crippen LogP contribution in [-0.4, -0.2) is 32.5 Å². The van der Waals surface area contributed by atoms with Gasteiger partial charge in [0.15, 0.2) is 0 Å². The number of nitro benzene ring substituents is 1. The molecule has 1 aliphatic rings. The number of benzene rings is 1. The Hall–Kier alpha value is -1.22. The van der Waals surface area contributed by atoms with Crippen molar-refractivity contribution in [2.24, 2.45) is 0 Å². The van der Waals surface area contributed by atoms with Crippen molar-refractivity contribution in [1.82, 2.24) is 10.0 Å². The summed E-state index contributed by atoms with van der Waals surface area (Å²) in [5.41, 5.74) is 0.0580. The molecule has 1 atom stereocenters. The number of rotatable bonds is 4. The highest BCUT2D eigenvalue weighted by molar-refractivity contribution is 7.89. The van der Waals surface area contributed by atoms with Crippen molar-refractivity contribution < 1.29 is 13.3 Å².